The Morgan fingerprint density at radius 1 is 1.23 bits per heavy atom. The predicted molar refractivity (Wildman–Crippen MR) is 140 cm³/mol. The van der Waals surface area contributed by atoms with Crippen LogP contribution >= 0.6 is 0 Å². The van der Waals surface area contributed by atoms with Gasteiger partial charge in [0.15, 0.2) is 11.5 Å². The maximum atomic E-state index is 14.9. The highest BCUT2D eigenvalue weighted by Crippen LogP contribution is 2.38. The van der Waals surface area contributed by atoms with Gasteiger partial charge in [-0.1, -0.05) is 0 Å². The maximum absolute atomic E-state index is 14.9. The van der Waals surface area contributed by atoms with Crippen molar-refractivity contribution < 1.29 is 40.2 Å². The standard InChI is InChI=1S/C25H29F4N5O5S/c1-13(17-7-15(30)8-19(23(17)26)25(27,28)29)31-24-18-9-22(21(37-3)10-20(18)32-14(2)33-24)39-12-16-11-34(5-6-38-16)40(4,35)36/h7-10,13,16H,5-6,11-12,30H2,1-4H3,(H,31,32,33)/t13-,16+/m1/s1. The van der Waals surface area contributed by atoms with Gasteiger partial charge in [0.05, 0.1) is 37.1 Å². The van der Waals surface area contributed by atoms with Crippen LogP contribution in [0.5, 0.6) is 11.5 Å². The monoisotopic (exact) mass is 587 g/mol. The second kappa shape index (κ2) is 11.2. The maximum Gasteiger partial charge on any atom is 0.419 e. The smallest absolute Gasteiger partial charge is 0.419 e. The summed E-state index contributed by atoms with van der Waals surface area (Å²) in [6.45, 7) is 3.70. The number of hydrogen-bond acceptors (Lipinski definition) is 9. The fourth-order valence-electron chi connectivity index (χ4n) is 4.39. The van der Waals surface area contributed by atoms with Crippen LogP contribution in [-0.2, 0) is 20.9 Å². The van der Waals surface area contributed by atoms with Gasteiger partial charge in [0, 0.05) is 35.8 Å². The predicted octanol–water partition coefficient (Wildman–Crippen LogP) is 3.90. The van der Waals surface area contributed by atoms with Crippen molar-refractivity contribution in [2.75, 3.05) is 50.7 Å². The summed E-state index contributed by atoms with van der Waals surface area (Å²) in [6.07, 6.45) is -4.33. The number of aromatic nitrogens is 2. The van der Waals surface area contributed by atoms with Gasteiger partial charge in [-0.15, -0.1) is 0 Å². The molecule has 1 aliphatic heterocycles. The number of rotatable bonds is 8. The molecule has 0 spiro atoms. The number of sulfonamides is 1. The van der Waals surface area contributed by atoms with Crippen LogP contribution in [0.1, 0.15) is 29.9 Å². The lowest BCUT2D eigenvalue weighted by Crippen LogP contribution is -2.47. The van der Waals surface area contributed by atoms with E-state index in [0.29, 0.717) is 28.5 Å². The fraction of sp³-hybridized carbons (Fsp3) is 0.440. The Bertz CT molecular complexity index is 1520. The van der Waals surface area contributed by atoms with Gasteiger partial charge < -0.3 is 25.3 Å². The summed E-state index contributed by atoms with van der Waals surface area (Å²) in [4.78, 5) is 8.78. The zero-order valence-electron chi connectivity index (χ0n) is 22.2. The first kappa shape index (κ1) is 29.6. The molecule has 40 heavy (non-hydrogen) atoms. The van der Waals surface area contributed by atoms with E-state index in [0.717, 1.165) is 12.3 Å². The summed E-state index contributed by atoms with van der Waals surface area (Å²) in [7, 11) is -1.96. The van der Waals surface area contributed by atoms with E-state index in [2.05, 4.69) is 15.3 Å². The quantitative estimate of drug-likeness (QED) is 0.298. The first-order valence-corrected chi connectivity index (χ1v) is 14.0. The molecule has 0 bridgehead atoms. The molecule has 0 radical (unpaired) electrons. The molecule has 3 N–H and O–H groups in total. The number of nitrogens with two attached hydrogens (primary N) is 1. The van der Waals surface area contributed by atoms with Crippen LogP contribution in [0.3, 0.4) is 0 Å². The minimum absolute atomic E-state index is 0.00843. The van der Waals surface area contributed by atoms with Crippen LogP contribution in [0.2, 0.25) is 0 Å². The van der Waals surface area contributed by atoms with Gasteiger partial charge in [-0.05, 0) is 32.0 Å². The highest BCUT2D eigenvalue weighted by molar-refractivity contribution is 7.88. The normalized spacial score (nSPS) is 17.6. The van der Waals surface area contributed by atoms with Crippen molar-refractivity contribution in [1.29, 1.82) is 0 Å². The number of aryl methyl sites for hydroxylation is 1. The van der Waals surface area contributed by atoms with Gasteiger partial charge in [0.2, 0.25) is 10.0 Å². The number of alkyl halides is 3. The number of hydrogen-bond donors (Lipinski definition) is 2. The molecule has 4 rings (SSSR count). The molecule has 2 aromatic carbocycles. The van der Waals surface area contributed by atoms with Crippen LogP contribution < -0.4 is 20.5 Å². The summed E-state index contributed by atoms with van der Waals surface area (Å²) >= 11 is 0. The SMILES string of the molecule is COc1cc2nc(C)nc(N[C@H](C)c3cc(N)cc(C(F)(F)F)c3F)c2cc1OC[C@@H]1CN(S(C)(=O)=O)CCO1. The largest absolute Gasteiger partial charge is 0.493 e. The molecule has 2 heterocycles. The summed E-state index contributed by atoms with van der Waals surface area (Å²) in [5.41, 5.74) is 4.11. The Morgan fingerprint density at radius 3 is 2.60 bits per heavy atom. The molecule has 1 aliphatic rings. The number of anilines is 2. The summed E-state index contributed by atoms with van der Waals surface area (Å²) in [5.74, 6) is -0.267. The molecule has 0 saturated carbocycles. The third kappa shape index (κ3) is 6.47. The molecule has 10 nitrogen and oxygen atoms in total. The number of methoxy groups -OCH3 is 1. The Morgan fingerprint density at radius 2 is 1.95 bits per heavy atom. The van der Waals surface area contributed by atoms with Crippen LogP contribution in [0.4, 0.5) is 29.1 Å². The molecule has 15 heteroatoms. The van der Waals surface area contributed by atoms with Crippen LogP contribution in [0.25, 0.3) is 10.9 Å². The van der Waals surface area contributed by atoms with Gasteiger partial charge in [0.1, 0.15) is 30.2 Å². The Kier molecular flexibility index (Phi) is 8.28. The van der Waals surface area contributed by atoms with Crippen LogP contribution in [0, 0.1) is 12.7 Å². The molecule has 2 atom stereocenters. The van der Waals surface area contributed by atoms with E-state index in [-0.39, 0.29) is 49.1 Å². The number of nitrogens with zero attached hydrogens (tertiary/aromatic N) is 3. The number of fused-ring (bicyclic) bond motifs is 1. The third-order valence-corrected chi connectivity index (χ3v) is 7.61. The van der Waals surface area contributed by atoms with Gasteiger partial charge in [0.25, 0.3) is 0 Å². The van der Waals surface area contributed by atoms with E-state index in [9.17, 15) is 26.0 Å². The zero-order chi connectivity index (χ0) is 29.4. The minimum atomic E-state index is -4.92. The topological polar surface area (TPSA) is 129 Å². The Labute approximate surface area is 228 Å². The number of ether oxygens (including phenoxy) is 3. The average Bonchev–Trinajstić information content (AvgIpc) is 2.87. The molecule has 218 valence electrons. The molecule has 0 amide bonds. The second-order valence-corrected chi connectivity index (χ2v) is 11.4. The van der Waals surface area contributed by atoms with E-state index in [4.69, 9.17) is 19.9 Å². The average molecular weight is 588 g/mol. The summed E-state index contributed by atoms with van der Waals surface area (Å²) in [5, 5.41) is 3.40. The van der Waals surface area contributed by atoms with Crippen molar-refractivity contribution in [3.05, 3.63) is 47.0 Å². The molecule has 0 unspecified atom stereocenters. The Hall–Kier alpha value is -3.43. The van der Waals surface area contributed by atoms with E-state index in [1.807, 2.05) is 0 Å². The lowest BCUT2D eigenvalue weighted by Gasteiger charge is -2.31. The minimum Gasteiger partial charge on any atom is -0.493 e. The van der Waals surface area contributed by atoms with Crippen LogP contribution in [0.15, 0.2) is 24.3 Å². The molecular formula is C25H29F4N5O5S. The van der Waals surface area contributed by atoms with Crippen LogP contribution in [-0.4, -0.2) is 68.5 Å². The van der Waals surface area contributed by atoms with Crippen molar-refractivity contribution in [3.63, 3.8) is 0 Å². The third-order valence-electron chi connectivity index (χ3n) is 6.34. The zero-order valence-corrected chi connectivity index (χ0v) is 23.0. The van der Waals surface area contributed by atoms with Gasteiger partial charge in [-0.25, -0.2) is 22.8 Å². The van der Waals surface area contributed by atoms with E-state index >= 15 is 0 Å². The van der Waals surface area contributed by atoms with Gasteiger partial charge >= 0.3 is 6.18 Å². The van der Waals surface area contributed by atoms with E-state index in [1.54, 1.807) is 19.1 Å². The number of nitrogens with one attached hydrogen (secondary N) is 1. The van der Waals surface area contributed by atoms with Crippen molar-refractivity contribution >= 4 is 32.4 Å². The molecule has 3 aromatic rings. The van der Waals surface area contributed by atoms with E-state index in [1.165, 1.54) is 18.3 Å². The van der Waals surface area contributed by atoms with Crippen molar-refractivity contribution in [2.24, 2.45) is 0 Å². The number of benzene rings is 2. The lowest BCUT2D eigenvalue weighted by molar-refractivity contribution is -0.140. The second-order valence-electron chi connectivity index (χ2n) is 9.40. The first-order chi connectivity index (χ1) is 18.7. The summed E-state index contributed by atoms with van der Waals surface area (Å²) < 4.78 is 97.2. The fourth-order valence-corrected chi connectivity index (χ4v) is 5.23. The summed E-state index contributed by atoms with van der Waals surface area (Å²) in [6, 6.07) is 3.90. The molecule has 1 saturated heterocycles. The number of nitrogen functional groups attached to an aromatic ring is 1. The number of halogens is 4. The molecular weight excluding hydrogens is 558 g/mol. The van der Waals surface area contributed by atoms with Gasteiger partial charge in [-0.2, -0.15) is 17.5 Å². The molecule has 1 fully saturated rings. The van der Waals surface area contributed by atoms with Crippen molar-refractivity contribution in [1.82, 2.24) is 14.3 Å². The molecule has 0 aliphatic carbocycles. The van der Waals surface area contributed by atoms with Crippen molar-refractivity contribution in [2.45, 2.75) is 32.2 Å². The number of morpholine rings is 1. The highest BCUT2D eigenvalue weighted by Gasteiger charge is 2.36. The Balaban J connectivity index is 1.65. The molecule has 1 aromatic heterocycles. The lowest BCUT2D eigenvalue weighted by atomic mass is 10.0. The van der Waals surface area contributed by atoms with Gasteiger partial charge in [-0.3, -0.25) is 0 Å². The first-order valence-electron chi connectivity index (χ1n) is 12.2. The highest BCUT2D eigenvalue weighted by atomic mass is 32.2. The van der Waals surface area contributed by atoms with E-state index < -0.39 is 39.7 Å². The van der Waals surface area contributed by atoms with Crippen molar-refractivity contribution in [3.8, 4) is 11.5 Å².